The van der Waals surface area contributed by atoms with Gasteiger partial charge < -0.3 is 50.1 Å². The van der Waals surface area contributed by atoms with Crippen LogP contribution in [0.25, 0.3) is 11.3 Å². The molecule has 1 aromatic heterocycles. The summed E-state index contributed by atoms with van der Waals surface area (Å²) in [6.07, 6.45) is 4.89. The number of carbonyl (C=O) groups excluding carboxylic acids is 2. The van der Waals surface area contributed by atoms with E-state index in [1.165, 1.54) is 0 Å². The van der Waals surface area contributed by atoms with Gasteiger partial charge in [-0.3, -0.25) is 14.7 Å². The first kappa shape index (κ1) is 40.1. The molecule has 0 aliphatic heterocycles. The molecule has 1 aliphatic carbocycles. The molecule has 0 atom stereocenters. The fourth-order valence-electron chi connectivity index (χ4n) is 5.55. The van der Waals surface area contributed by atoms with Crippen LogP contribution in [0.5, 0.6) is 17.2 Å². The summed E-state index contributed by atoms with van der Waals surface area (Å²) < 4.78 is 28.8. The van der Waals surface area contributed by atoms with Crippen molar-refractivity contribution in [3.05, 3.63) is 59.2 Å². The van der Waals surface area contributed by atoms with E-state index >= 15 is 0 Å². The van der Waals surface area contributed by atoms with Gasteiger partial charge in [-0.2, -0.15) is 5.10 Å². The summed E-state index contributed by atoms with van der Waals surface area (Å²) in [5, 5.41) is 29.0. The smallest absolute Gasteiger partial charge is 0.248 e. The van der Waals surface area contributed by atoms with E-state index in [1.54, 1.807) is 13.1 Å². The lowest BCUT2D eigenvalue weighted by Gasteiger charge is -2.14. The fourth-order valence-corrected chi connectivity index (χ4v) is 5.55. The van der Waals surface area contributed by atoms with Gasteiger partial charge >= 0.3 is 0 Å². The van der Waals surface area contributed by atoms with Crippen LogP contribution in [0.1, 0.15) is 50.7 Å². The van der Waals surface area contributed by atoms with Crippen LogP contribution < -0.4 is 35.5 Å². The lowest BCUT2D eigenvalue weighted by Crippen LogP contribution is -2.31. The molecule has 0 fully saturated rings. The molecule has 4 rings (SSSR count). The molecule has 0 spiro atoms. The zero-order valence-electron chi connectivity index (χ0n) is 30.6. The van der Waals surface area contributed by atoms with Gasteiger partial charge in [0.15, 0.2) is 17.3 Å². The number of fused-ring (bicyclic) bond motifs is 3. The van der Waals surface area contributed by atoms with Crippen LogP contribution in [0.2, 0.25) is 0 Å². The summed E-state index contributed by atoms with van der Waals surface area (Å²) >= 11 is 0. The predicted molar refractivity (Wildman–Crippen MR) is 200 cm³/mol. The Kier molecular flexibility index (Phi) is 17.2. The van der Waals surface area contributed by atoms with Crippen molar-refractivity contribution in [3.8, 4) is 28.5 Å². The van der Waals surface area contributed by atoms with Crippen LogP contribution in [-0.2, 0) is 25.5 Å². The van der Waals surface area contributed by atoms with Crippen molar-refractivity contribution < 1.29 is 38.4 Å². The second-order valence-corrected chi connectivity index (χ2v) is 12.1. The number of ether oxygens (including phenoxy) is 5. The summed E-state index contributed by atoms with van der Waals surface area (Å²) in [6.45, 7) is 8.32. The molecule has 0 unspecified atom stereocenters. The van der Waals surface area contributed by atoms with Gasteiger partial charge in [0, 0.05) is 74.0 Å². The molecular formula is C38H54N6O8. The third-order valence-corrected chi connectivity index (χ3v) is 8.19. The molecule has 2 aromatic carbocycles. The van der Waals surface area contributed by atoms with Crippen molar-refractivity contribution >= 4 is 23.3 Å². The zero-order valence-corrected chi connectivity index (χ0v) is 30.6. The number of aromatic amines is 1. The molecule has 14 heteroatoms. The van der Waals surface area contributed by atoms with Gasteiger partial charge in [-0.1, -0.05) is 12.1 Å². The maximum atomic E-state index is 12.0. The number of H-pyrrole nitrogens is 1. The Hall–Kier alpha value is -4.63. The standard InChI is InChI=1S/C38H54N6O8/c1-4-27(26-39-3)38(47)41-14-7-6-13-40-35(46)12-17-48-18-19-49-20-21-51-30-11-8-10-29(24-30)42-37-32-22-28-23-33(50-5-2)34(52-16-9-15-45)25-31(28)36(32)43-44-37/h4,8,10-11,23-25,39,45H,5-7,9,12-22,26H2,1-3H3,(H,40,46)(H,41,47)(H2,42,43,44)/b27-4+. The summed E-state index contributed by atoms with van der Waals surface area (Å²) in [5.74, 6) is 2.67. The van der Waals surface area contributed by atoms with Crippen molar-refractivity contribution in [2.24, 2.45) is 0 Å². The van der Waals surface area contributed by atoms with Crippen LogP contribution in [0, 0.1) is 0 Å². The molecule has 2 amide bonds. The molecule has 52 heavy (non-hydrogen) atoms. The minimum Gasteiger partial charge on any atom is -0.491 e. The molecule has 6 N–H and O–H groups in total. The monoisotopic (exact) mass is 722 g/mol. The number of aliphatic hydroxyl groups is 1. The molecule has 0 saturated heterocycles. The molecule has 1 heterocycles. The highest BCUT2D eigenvalue weighted by Gasteiger charge is 2.27. The molecule has 3 aromatic rings. The Balaban J connectivity index is 1.07. The largest absolute Gasteiger partial charge is 0.491 e. The molecule has 0 bridgehead atoms. The number of hydrogen-bond acceptors (Lipinski definition) is 11. The Bertz CT molecular complexity index is 1590. The van der Waals surface area contributed by atoms with E-state index in [2.05, 4.69) is 31.5 Å². The van der Waals surface area contributed by atoms with Gasteiger partial charge in [0.1, 0.15) is 12.4 Å². The number of nitrogens with zero attached hydrogens (tertiary/aromatic N) is 1. The van der Waals surface area contributed by atoms with Gasteiger partial charge in [-0.05, 0) is 63.6 Å². The average Bonchev–Trinajstić information content (AvgIpc) is 3.70. The summed E-state index contributed by atoms with van der Waals surface area (Å²) in [4.78, 5) is 24.1. The predicted octanol–water partition coefficient (Wildman–Crippen LogP) is 3.86. The van der Waals surface area contributed by atoms with E-state index in [9.17, 15) is 9.59 Å². The normalized spacial score (nSPS) is 11.9. The third kappa shape index (κ3) is 12.5. The van der Waals surface area contributed by atoms with E-state index in [4.69, 9.17) is 28.8 Å². The van der Waals surface area contributed by atoms with E-state index in [-0.39, 0.29) is 24.8 Å². The number of allylic oxidation sites excluding steroid dienone is 1. The minimum atomic E-state index is -0.0645. The Morgan fingerprint density at radius 3 is 2.46 bits per heavy atom. The van der Waals surface area contributed by atoms with Gasteiger partial charge in [0.05, 0.1) is 45.3 Å². The lowest BCUT2D eigenvalue weighted by molar-refractivity contribution is -0.122. The quantitative estimate of drug-likeness (QED) is 0.0410. The highest BCUT2D eigenvalue weighted by Crippen LogP contribution is 2.44. The average molecular weight is 723 g/mol. The number of anilines is 2. The van der Waals surface area contributed by atoms with Crippen molar-refractivity contribution in [3.63, 3.8) is 0 Å². The number of benzene rings is 2. The fraction of sp³-hybridized carbons (Fsp3) is 0.500. The number of aromatic nitrogens is 2. The molecular weight excluding hydrogens is 668 g/mol. The Morgan fingerprint density at radius 1 is 0.923 bits per heavy atom. The molecule has 14 nitrogen and oxygen atoms in total. The van der Waals surface area contributed by atoms with Crippen LogP contribution in [-0.4, -0.2) is 107 Å². The third-order valence-electron chi connectivity index (χ3n) is 8.19. The van der Waals surface area contributed by atoms with Gasteiger partial charge in [-0.25, -0.2) is 0 Å². The number of likely N-dealkylation sites (N-methyl/N-ethyl adjacent to an activating group) is 1. The highest BCUT2D eigenvalue weighted by molar-refractivity contribution is 5.93. The van der Waals surface area contributed by atoms with Crippen molar-refractivity contribution in [1.82, 2.24) is 26.1 Å². The highest BCUT2D eigenvalue weighted by atomic mass is 16.5. The second kappa shape index (κ2) is 22.3. The Labute approximate surface area is 306 Å². The van der Waals surface area contributed by atoms with Crippen molar-refractivity contribution in [1.29, 1.82) is 0 Å². The zero-order chi connectivity index (χ0) is 37.0. The first-order valence-electron chi connectivity index (χ1n) is 18.1. The first-order chi connectivity index (χ1) is 25.5. The van der Waals surface area contributed by atoms with Crippen LogP contribution in [0.4, 0.5) is 11.5 Å². The molecule has 284 valence electrons. The first-order valence-corrected chi connectivity index (χ1v) is 18.1. The van der Waals surface area contributed by atoms with Crippen LogP contribution >= 0.6 is 0 Å². The number of aliphatic hydroxyl groups excluding tert-OH is 1. The van der Waals surface area contributed by atoms with Gasteiger partial charge in [0.2, 0.25) is 11.8 Å². The van der Waals surface area contributed by atoms with Gasteiger partial charge in [0.25, 0.3) is 0 Å². The van der Waals surface area contributed by atoms with E-state index in [0.29, 0.717) is 102 Å². The minimum absolute atomic E-state index is 0.0619. The second-order valence-electron chi connectivity index (χ2n) is 12.1. The lowest BCUT2D eigenvalue weighted by atomic mass is 10.1. The number of amides is 2. The number of hydrogen-bond donors (Lipinski definition) is 6. The topological polar surface area (TPSA) is 177 Å². The van der Waals surface area contributed by atoms with E-state index in [0.717, 1.165) is 46.7 Å². The number of nitrogens with one attached hydrogen (secondary N) is 5. The van der Waals surface area contributed by atoms with Crippen LogP contribution in [0.3, 0.4) is 0 Å². The van der Waals surface area contributed by atoms with Gasteiger partial charge in [-0.15, -0.1) is 0 Å². The molecule has 0 saturated carbocycles. The molecule has 0 radical (unpaired) electrons. The maximum absolute atomic E-state index is 12.0. The number of unbranched alkanes of at least 4 members (excludes halogenated alkanes) is 1. The number of rotatable bonds is 26. The number of carbonyl (C=O) groups is 2. The summed E-state index contributed by atoms with van der Waals surface area (Å²) in [6, 6.07) is 11.7. The van der Waals surface area contributed by atoms with Crippen molar-refractivity contribution in [2.75, 3.05) is 84.9 Å². The van der Waals surface area contributed by atoms with Crippen molar-refractivity contribution in [2.45, 2.75) is 46.0 Å². The molecule has 1 aliphatic rings. The SMILES string of the molecule is C/C=C(\CNC)C(=O)NCCCCNC(=O)CCOCCOCCOc1cccc(Nc2n[nH]c3c2Cc2cc(OCC)c(OCCCO)cc2-3)c1. The van der Waals surface area contributed by atoms with Crippen LogP contribution in [0.15, 0.2) is 48.0 Å². The Morgan fingerprint density at radius 2 is 1.69 bits per heavy atom. The summed E-state index contributed by atoms with van der Waals surface area (Å²) in [5.41, 5.74) is 5.71. The van der Waals surface area contributed by atoms with E-state index in [1.807, 2.05) is 50.2 Å². The maximum Gasteiger partial charge on any atom is 0.248 e. The van der Waals surface area contributed by atoms with E-state index < -0.39 is 0 Å². The summed E-state index contributed by atoms with van der Waals surface area (Å²) in [7, 11) is 1.80.